The minimum absolute atomic E-state index is 0.0556. The molecule has 182 valence electrons. The van der Waals surface area contributed by atoms with Crippen LogP contribution in [0, 0.1) is 0 Å². The molecule has 0 aliphatic carbocycles. The van der Waals surface area contributed by atoms with Crippen molar-refractivity contribution in [2.24, 2.45) is 0 Å². The van der Waals surface area contributed by atoms with E-state index in [2.05, 4.69) is 5.32 Å². The topological polar surface area (TPSA) is 119 Å². The molecule has 0 bridgehead atoms. The number of benzene rings is 1. The number of amides is 3. The SMILES string of the molecule is CCOC(=O)N1CCN(C(=O)[C@H](C)NC(=O)c2cn(CC)c3cc4c(cc3c2=O)OCO4)CC1. The fourth-order valence-corrected chi connectivity index (χ4v) is 4.14. The molecule has 11 heteroatoms. The van der Waals surface area contributed by atoms with Gasteiger partial charge in [0.15, 0.2) is 11.5 Å². The lowest BCUT2D eigenvalue weighted by molar-refractivity contribution is -0.134. The van der Waals surface area contributed by atoms with Crippen LogP contribution >= 0.6 is 0 Å². The summed E-state index contributed by atoms with van der Waals surface area (Å²) < 4.78 is 17.6. The number of carbonyl (C=O) groups is 3. The first-order chi connectivity index (χ1) is 16.3. The molecule has 2 aromatic rings. The van der Waals surface area contributed by atoms with Crippen LogP contribution in [-0.4, -0.2) is 77.9 Å². The highest BCUT2D eigenvalue weighted by molar-refractivity contribution is 6.00. The Bertz CT molecular complexity index is 1180. The highest BCUT2D eigenvalue weighted by atomic mass is 16.7. The Morgan fingerprint density at radius 2 is 1.71 bits per heavy atom. The monoisotopic (exact) mass is 472 g/mol. The number of piperazine rings is 1. The molecule has 0 spiro atoms. The molecular weight excluding hydrogens is 444 g/mol. The number of carbonyl (C=O) groups excluding carboxylic acids is 3. The van der Waals surface area contributed by atoms with Gasteiger partial charge in [0.25, 0.3) is 5.91 Å². The number of hydrogen-bond acceptors (Lipinski definition) is 7. The second-order valence-corrected chi connectivity index (χ2v) is 8.09. The molecular formula is C23H28N4O7. The van der Waals surface area contributed by atoms with Crippen LogP contribution in [0.25, 0.3) is 10.9 Å². The fraction of sp³-hybridized carbons (Fsp3) is 0.478. The Morgan fingerprint density at radius 3 is 2.35 bits per heavy atom. The van der Waals surface area contributed by atoms with E-state index in [1.54, 1.807) is 40.3 Å². The maximum absolute atomic E-state index is 13.1. The van der Waals surface area contributed by atoms with Crippen molar-refractivity contribution in [1.29, 1.82) is 0 Å². The molecule has 3 amide bonds. The highest BCUT2D eigenvalue weighted by Gasteiger charge is 2.29. The average molecular weight is 472 g/mol. The summed E-state index contributed by atoms with van der Waals surface area (Å²) in [6.45, 7) is 7.49. The summed E-state index contributed by atoms with van der Waals surface area (Å²) in [5, 5.41) is 2.99. The van der Waals surface area contributed by atoms with Crippen LogP contribution in [-0.2, 0) is 16.1 Å². The smallest absolute Gasteiger partial charge is 0.409 e. The standard InChI is InChI=1S/C23H28N4O7/c1-4-25-12-16(20(28)15-10-18-19(11-17(15)25)34-13-33-18)21(29)24-14(3)22(30)26-6-8-27(9-7-26)23(31)32-5-2/h10-12,14H,4-9,13H2,1-3H3,(H,24,29)/t14-/m0/s1. The van der Waals surface area contributed by atoms with Gasteiger partial charge in [0.05, 0.1) is 17.5 Å². The Morgan fingerprint density at radius 1 is 1.06 bits per heavy atom. The summed E-state index contributed by atoms with van der Waals surface area (Å²) >= 11 is 0. The van der Waals surface area contributed by atoms with Crippen LogP contribution in [0.4, 0.5) is 4.79 Å². The first-order valence-electron chi connectivity index (χ1n) is 11.3. The third-order valence-corrected chi connectivity index (χ3v) is 6.00. The quantitative estimate of drug-likeness (QED) is 0.694. The third kappa shape index (κ3) is 4.37. The van der Waals surface area contributed by atoms with Crippen molar-refractivity contribution in [2.75, 3.05) is 39.6 Å². The Balaban J connectivity index is 1.48. The zero-order chi connectivity index (χ0) is 24.4. The van der Waals surface area contributed by atoms with Crippen molar-refractivity contribution >= 4 is 28.8 Å². The largest absolute Gasteiger partial charge is 0.454 e. The Labute approximate surface area is 196 Å². The highest BCUT2D eigenvalue weighted by Crippen LogP contribution is 2.35. The number of rotatable bonds is 5. The van der Waals surface area contributed by atoms with Gasteiger partial charge in [-0.1, -0.05) is 0 Å². The number of aromatic nitrogens is 1. The van der Waals surface area contributed by atoms with Crippen LogP contribution in [0.1, 0.15) is 31.1 Å². The third-order valence-electron chi connectivity index (χ3n) is 6.00. The first kappa shape index (κ1) is 23.4. The fourth-order valence-electron chi connectivity index (χ4n) is 4.14. The van der Waals surface area contributed by atoms with E-state index in [1.165, 1.54) is 6.20 Å². The number of fused-ring (bicyclic) bond motifs is 2. The maximum Gasteiger partial charge on any atom is 0.409 e. The van der Waals surface area contributed by atoms with Gasteiger partial charge >= 0.3 is 6.09 Å². The van der Waals surface area contributed by atoms with E-state index in [-0.39, 0.29) is 18.3 Å². The van der Waals surface area contributed by atoms with Crippen LogP contribution in [0.2, 0.25) is 0 Å². The summed E-state index contributed by atoms with van der Waals surface area (Å²) in [4.78, 5) is 54.0. The molecule has 1 N–H and O–H groups in total. The summed E-state index contributed by atoms with van der Waals surface area (Å²) in [5.41, 5.74) is 0.134. The van der Waals surface area contributed by atoms with E-state index in [0.29, 0.717) is 61.7 Å². The van der Waals surface area contributed by atoms with E-state index >= 15 is 0 Å². The van der Waals surface area contributed by atoms with Crippen LogP contribution in [0.5, 0.6) is 11.5 Å². The number of aryl methyl sites for hydroxylation is 1. The number of hydrogen-bond donors (Lipinski definition) is 1. The zero-order valence-electron chi connectivity index (χ0n) is 19.5. The number of nitrogens with zero attached hydrogens (tertiary/aromatic N) is 3. The summed E-state index contributed by atoms with van der Waals surface area (Å²) in [7, 11) is 0. The maximum atomic E-state index is 13.1. The number of pyridine rings is 1. The molecule has 4 rings (SSSR count). The summed E-state index contributed by atoms with van der Waals surface area (Å²) in [6.07, 6.45) is 1.10. The minimum Gasteiger partial charge on any atom is -0.454 e. The van der Waals surface area contributed by atoms with Gasteiger partial charge in [-0.15, -0.1) is 0 Å². The van der Waals surface area contributed by atoms with E-state index < -0.39 is 23.5 Å². The predicted octanol–water partition coefficient (Wildman–Crippen LogP) is 1.17. The van der Waals surface area contributed by atoms with Crippen LogP contribution in [0.3, 0.4) is 0 Å². The van der Waals surface area contributed by atoms with E-state index in [4.69, 9.17) is 14.2 Å². The van der Waals surface area contributed by atoms with Crippen molar-refractivity contribution in [2.45, 2.75) is 33.4 Å². The van der Waals surface area contributed by atoms with Crippen molar-refractivity contribution in [1.82, 2.24) is 19.7 Å². The molecule has 34 heavy (non-hydrogen) atoms. The van der Waals surface area contributed by atoms with Gasteiger partial charge in [-0.3, -0.25) is 14.4 Å². The van der Waals surface area contributed by atoms with Gasteiger partial charge in [-0.05, 0) is 26.8 Å². The molecule has 1 saturated heterocycles. The van der Waals surface area contributed by atoms with Gasteiger partial charge in [0.1, 0.15) is 11.6 Å². The van der Waals surface area contributed by atoms with E-state index in [0.717, 1.165) is 0 Å². The lowest BCUT2D eigenvalue weighted by Crippen LogP contribution is -2.55. The second kappa shape index (κ2) is 9.62. The van der Waals surface area contributed by atoms with Crippen molar-refractivity contribution in [3.8, 4) is 11.5 Å². The van der Waals surface area contributed by atoms with Crippen molar-refractivity contribution in [3.05, 3.63) is 34.1 Å². The molecule has 0 unspecified atom stereocenters. The van der Waals surface area contributed by atoms with Gasteiger partial charge in [0.2, 0.25) is 18.1 Å². The second-order valence-electron chi connectivity index (χ2n) is 8.09. The zero-order valence-corrected chi connectivity index (χ0v) is 19.5. The van der Waals surface area contributed by atoms with E-state index in [1.807, 2.05) is 6.92 Å². The molecule has 1 fully saturated rings. The Hall–Kier alpha value is -3.76. The molecule has 2 aliphatic heterocycles. The molecule has 1 atom stereocenters. The number of ether oxygens (including phenoxy) is 3. The predicted molar refractivity (Wildman–Crippen MR) is 122 cm³/mol. The van der Waals surface area contributed by atoms with Gasteiger partial charge < -0.3 is 33.9 Å². The van der Waals surface area contributed by atoms with E-state index in [9.17, 15) is 19.2 Å². The van der Waals surface area contributed by atoms with Gasteiger partial charge in [-0.2, -0.15) is 0 Å². The molecule has 11 nitrogen and oxygen atoms in total. The average Bonchev–Trinajstić information content (AvgIpc) is 3.30. The molecule has 3 heterocycles. The Kier molecular flexibility index (Phi) is 6.62. The molecule has 1 aromatic heterocycles. The summed E-state index contributed by atoms with van der Waals surface area (Å²) in [6, 6.07) is 2.47. The number of nitrogens with one attached hydrogen (secondary N) is 1. The molecule has 0 radical (unpaired) electrons. The van der Waals surface area contributed by atoms with Crippen LogP contribution < -0.4 is 20.2 Å². The lowest BCUT2D eigenvalue weighted by atomic mass is 10.1. The van der Waals surface area contributed by atoms with Crippen LogP contribution in [0.15, 0.2) is 23.1 Å². The van der Waals surface area contributed by atoms with Crippen molar-refractivity contribution in [3.63, 3.8) is 0 Å². The molecule has 0 saturated carbocycles. The molecule has 2 aliphatic rings. The van der Waals surface area contributed by atoms with Gasteiger partial charge in [-0.25, -0.2) is 4.79 Å². The normalized spacial score (nSPS) is 15.9. The van der Waals surface area contributed by atoms with Crippen molar-refractivity contribution < 1.29 is 28.6 Å². The minimum atomic E-state index is -0.844. The lowest BCUT2D eigenvalue weighted by Gasteiger charge is -2.35. The first-order valence-corrected chi connectivity index (χ1v) is 11.3. The van der Waals surface area contributed by atoms with Gasteiger partial charge in [0, 0.05) is 45.0 Å². The molecule has 1 aromatic carbocycles. The summed E-state index contributed by atoms with van der Waals surface area (Å²) in [5.74, 6) is 0.0958.